The van der Waals surface area contributed by atoms with Gasteiger partial charge >= 0.3 is 0 Å². The van der Waals surface area contributed by atoms with Gasteiger partial charge in [-0.15, -0.1) is 0 Å². The zero-order valence-corrected chi connectivity index (χ0v) is 13.5. The lowest BCUT2D eigenvalue weighted by atomic mass is 10.1. The number of benzene rings is 2. The number of carbonyl (C=O) groups is 1. The lowest BCUT2D eigenvalue weighted by Crippen LogP contribution is -2.19. The van der Waals surface area contributed by atoms with Crippen LogP contribution < -0.4 is 15.8 Å². The lowest BCUT2D eigenvalue weighted by Gasteiger charge is -2.12. The number of anilines is 1. The van der Waals surface area contributed by atoms with Crippen molar-refractivity contribution in [2.75, 3.05) is 5.32 Å². The van der Waals surface area contributed by atoms with Crippen LogP contribution in [0.1, 0.15) is 17.2 Å². The largest absolute Gasteiger partial charge is 0.455 e. The molecule has 2 aromatic carbocycles. The number of rotatable bonds is 2. The second-order valence-corrected chi connectivity index (χ2v) is 6.13. The molecular formula is C15H12BrClN2O2. The number of ether oxygens (including phenoxy) is 1. The summed E-state index contributed by atoms with van der Waals surface area (Å²) in [6, 6.07) is 8.43. The van der Waals surface area contributed by atoms with Crippen LogP contribution in [-0.2, 0) is 4.79 Å². The predicted octanol–water partition coefficient (Wildman–Crippen LogP) is 4.16. The fraction of sp³-hybridized carbons (Fsp3) is 0.133. The zero-order valence-electron chi connectivity index (χ0n) is 11.1. The van der Waals surface area contributed by atoms with Crippen molar-refractivity contribution in [3.8, 4) is 11.5 Å². The van der Waals surface area contributed by atoms with Gasteiger partial charge in [0.1, 0.15) is 17.5 Å². The average molecular weight is 368 g/mol. The number of hydrogen-bond acceptors (Lipinski definition) is 3. The number of amides is 1. The Kier molecular flexibility index (Phi) is 3.65. The molecule has 1 heterocycles. The summed E-state index contributed by atoms with van der Waals surface area (Å²) in [6.07, 6.45) is 0. The van der Waals surface area contributed by atoms with E-state index in [1.165, 1.54) is 0 Å². The Hall–Kier alpha value is -1.56. The molecule has 0 spiro atoms. The first-order valence-electron chi connectivity index (χ1n) is 6.29. The van der Waals surface area contributed by atoms with Crippen LogP contribution in [0.15, 0.2) is 34.8 Å². The third kappa shape index (κ3) is 2.64. The maximum absolute atomic E-state index is 11.6. The first-order chi connectivity index (χ1) is 9.95. The highest BCUT2D eigenvalue weighted by Crippen LogP contribution is 2.40. The minimum Gasteiger partial charge on any atom is -0.455 e. The van der Waals surface area contributed by atoms with Gasteiger partial charge in [0.15, 0.2) is 0 Å². The minimum atomic E-state index is -0.645. The molecular weight excluding hydrogens is 356 g/mol. The summed E-state index contributed by atoms with van der Waals surface area (Å²) in [7, 11) is 0. The quantitative estimate of drug-likeness (QED) is 0.838. The van der Waals surface area contributed by atoms with E-state index in [2.05, 4.69) is 21.2 Å². The van der Waals surface area contributed by atoms with Gasteiger partial charge in [-0.1, -0.05) is 17.7 Å². The van der Waals surface area contributed by atoms with E-state index >= 15 is 0 Å². The zero-order chi connectivity index (χ0) is 15.1. The monoisotopic (exact) mass is 366 g/mol. The summed E-state index contributed by atoms with van der Waals surface area (Å²) in [5.41, 5.74) is 8.26. The van der Waals surface area contributed by atoms with Gasteiger partial charge < -0.3 is 15.8 Å². The molecule has 4 nitrogen and oxygen atoms in total. The number of nitrogens with one attached hydrogen (secondary N) is 1. The summed E-state index contributed by atoms with van der Waals surface area (Å²) in [5, 5.41) is 3.25. The van der Waals surface area contributed by atoms with Crippen LogP contribution in [0.3, 0.4) is 0 Å². The Bertz CT molecular complexity index is 749. The SMILES string of the molecule is Cc1ccc(Cl)c(Oc2cc3c(cc2Br)C(N)C(=O)N3)c1. The third-order valence-corrected chi connectivity index (χ3v) is 4.22. The van der Waals surface area contributed by atoms with Crippen molar-refractivity contribution in [1.82, 2.24) is 0 Å². The van der Waals surface area contributed by atoms with Gasteiger partial charge in [0.25, 0.3) is 0 Å². The van der Waals surface area contributed by atoms with Crippen molar-refractivity contribution >= 4 is 39.1 Å². The number of aryl methyl sites for hydroxylation is 1. The molecule has 1 aliphatic rings. The van der Waals surface area contributed by atoms with Gasteiger partial charge in [-0.2, -0.15) is 0 Å². The fourth-order valence-corrected chi connectivity index (χ4v) is 2.77. The molecule has 1 aliphatic heterocycles. The molecule has 0 bridgehead atoms. The number of nitrogens with two attached hydrogens (primary N) is 1. The number of carbonyl (C=O) groups excluding carboxylic acids is 1. The highest BCUT2D eigenvalue weighted by atomic mass is 79.9. The van der Waals surface area contributed by atoms with E-state index in [-0.39, 0.29) is 5.91 Å². The van der Waals surface area contributed by atoms with Crippen LogP contribution in [0.4, 0.5) is 5.69 Å². The highest BCUT2D eigenvalue weighted by molar-refractivity contribution is 9.10. The summed E-state index contributed by atoms with van der Waals surface area (Å²) in [4.78, 5) is 11.6. The molecule has 108 valence electrons. The summed E-state index contributed by atoms with van der Waals surface area (Å²) in [5.74, 6) is 0.907. The van der Waals surface area contributed by atoms with Gasteiger partial charge in [-0.25, -0.2) is 0 Å². The summed E-state index contributed by atoms with van der Waals surface area (Å²) >= 11 is 9.57. The lowest BCUT2D eigenvalue weighted by molar-refractivity contribution is -0.116. The van der Waals surface area contributed by atoms with Gasteiger partial charge in [0.2, 0.25) is 5.91 Å². The average Bonchev–Trinajstić information content (AvgIpc) is 2.70. The van der Waals surface area contributed by atoms with E-state index in [0.717, 1.165) is 11.1 Å². The third-order valence-electron chi connectivity index (χ3n) is 3.29. The van der Waals surface area contributed by atoms with Crippen molar-refractivity contribution < 1.29 is 9.53 Å². The van der Waals surface area contributed by atoms with Crippen LogP contribution in [0.2, 0.25) is 5.02 Å². The molecule has 0 fully saturated rings. The van der Waals surface area contributed by atoms with E-state index in [9.17, 15) is 4.79 Å². The summed E-state index contributed by atoms with van der Waals surface area (Å²) < 4.78 is 6.56. The minimum absolute atomic E-state index is 0.220. The number of hydrogen-bond donors (Lipinski definition) is 2. The topological polar surface area (TPSA) is 64.3 Å². The molecule has 1 amide bonds. The molecule has 3 N–H and O–H groups in total. The second kappa shape index (κ2) is 5.33. The fourth-order valence-electron chi connectivity index (χ4n) is 2.17. The van der Waals surface area contributed by atoms with E-state index in [1.54, 1.807) is 18.2 Å². The van der Waals surface area contributed by atoms with Gasteiger partial charge in [0.05, 0.1) is 9.50 Å². The Labute approximate surface area is 135 Å². The molecule has 1 unspecified atom stereocenters. The molecule has 2 aromatic rings. The molecule has 0 aromatic heterocycles. The van der Waals surface area contributed by atoms with Crippen molar-refractivity contribution in [1.29, 1.82) is 0 Å². The van der Waals surface area contributed by atoms with Crippen LogP contribution in [0, 0.1) is 6.92 Å². The van der Waals surface area contributed by atoms with Crippen molar-refractivity contribution in [2.24, 2.45) is 5.73 Å². The molecule has 0 saturated carbocycles. The Morgan fingerprint density at radius 3 is 2.81 bits per heavy atom. The number of fused-ring (bicyclic) bond motifs is 1. The number of halogens is 2. The molecule has 21 heavy (non-hydrogen) atoms. The van der Waals surface area contributed by atoms with E-state index in [0.29, 0.717) is 26.7 Å². The predicted molar refractivity (Wildman–Crippen MR) is 86.0 cm³/mol. The van der Waals surface area contributed by atoms with Crippen molar-refractivity contribution in [3.63, 3.8) is 0 Å². The summed E-state index contributed by atoms with van der Waals surface area (Å²) in [6.45, 7) is 1.96. The Balaban J connectivity index is 1.99. The second-order valence-electron chi connectivity index (χ2n) is 4.87. The maximum Gasteiger partial charge on any atom is 0.245 e. The molecule has 3 rings (SSSR count). The Morgan fingerprint density at radius 2 is 2.05 bits per heavy atom. The standard InChI is InChI=1S/C15H12BrClN2O2/c1-7-2-3-10(17)13(4-7)21-12-6-11-8(5-9(12)16)14(18)15(20)19-11/h2-6,14H,18H2,1H3,(H,19,20). The highest BCUT2D eigenvalue weighted by Gasteiger charge is 2.28. The van der Waals surface area contributed by atoms with Crippen LogP contribution in [0.5, 0.6) is 11.5 Å². The van der Waals surface area contributed by atoms with E-state index < -0.39 is 6.04 Å². The Morgan fingerprint density at radius 1 is 1.29 bits per heavy atom. The molecule has 1 atom stereocenters. The molecule has 0 aliphatic carbocycles. The van der Waals surface area contributed by atoms with E-state index in [1.807, 2.05) is 19.1 Å². The van der Waals surface area contributed by atoms with Crippen molar-refractivity contribution in [2.45, 2.75) is 13.0 Å². The normalized spacial score (nSPS) is 16.6. The molecule has 0 radical (unpaired) electrons. The van der Waals surface area contributed by atoms with E-state index in [4.69, 9.17) is 22.1 Å². The van der Waals surface area contributed by atoms with Crippen molar-refractivity contribution in [3.05, 3.63) is 51.0 Å². The molecule has 0 saturated heterocycles. The maximum atomic E-state index is 11.6. The van der Waals surface area contributed by atoms with Gasteiger partial charge in [-0.3, -0.25) is 4.79 Å². The van der Waals surface area contributed by atoms with Crippen LogP contribution >= 0.6 is 27.5 Å². The van der Waals surface area contributed by atoms with Gasteiger partial charge in [-0.05, 0) is 46.6 Å². The van der Waals surface area contributed by atoms with Gasteiger partial charge in [0, 0.05) is 17.3 Å². The van der Waals surface area contributed by atoms with Crippen LogP contribution in [-0.4, -0.2) is 5.91 Å². The molecule has 6 heteroatoms. The smallest absolute Gasteiger partial charge is 0.245 e. The van der Waals surface area contributed by atoms with Crippen LogP contribution in [0.25, 0.3) is 0 Å². The first-order valence-corrected chi connectivity index (χ1v) is 7.46. The first kappa shape index (κ1) is 14.4.